The lowest BCUT2D eigenvalue weighted by Crippen LogP contribution is -2.37. The minimum absolute atomic E-state index is 0.0417. The molecule has 0 fully saturated rings. The maximum absolute atomic E-state index is 14.1. The van der Waals surface area contributed by atoms with Crippen molar-refractivity contribution in [1.82, 2.24) is 14.5 Å². The number of aliphatic hydroxyl groups excluding tert-OH is 1. The van der Waals surface area contributed by atoms with Crippen molar-refractivity contribution in [3.05, 3.63) is 65.2 Å². The van der Waals surface area contributed by atoms with Crippen LogP contribution in [0.2, 0.25) is 0 Å². The molecule has 0 amide bonds. The first-order chi connectivity index (χ1) is 12.2. The standard InChI is InChI=1S/C20H22FN3O/c1-2-24-17-9-5-8-16(21)20(17)22-19(24)12-23-11-10-14-6-3-4-7-15(14)18(23)13-25/h3-9,18,25H,2,10-13H2,1H3. The molecule has 0 radical (unpaired) electrons. The summed E-state index contributed by atoms with van der Waals surface area (Å²) in [5.41, 5.74) is 3.74. The Morgan fingerprint density at radius 3 is 2.84 bits per heavy atom. The van der Waals surface area contributed by atoms with Crippen LogP contribution in [0.4, 0.5) is 4.39 Å². The molecule has 1 unspecified atom stereocenters. The Bertz CT molecular complexity index is 905. The number of hydrogen-bond acceptors (Lipinski definition) is 3. The van der Waals surface area contributed by atoms with Crippen LogP contribution >= 0.6 is 0 Å². The average molecular weight is 339 g/mol. The number of aryl methyl sites for hydroxylation is 1. The van der Waals surface area contributed by atoms with Crippen molar-refractivity contribution in [3.63, 3.8) is 0 Å². The van der Waals surface area contributed by atoms with Crippen molar-refractivity contribution < 1.29 is 9.50 Å². The Morgan fingerprint density at radius 2 is 2.04 bits per heavy atom. The normalized spacial score (nSPS) is 17.8. The highest BCUT2D eigenvalue weighted by atomic mass is 19.1. The highest BCUT2D eigenvalue weighted by Crippen LogP contribution is 2.31. The summed E-state index contributed by atoms with van der Waals surface area (Å²) < 4.78 is 16.2. The first-order valence-corrected chi connectivity index (χ1v) is 8.79. The number of aromatic nitrogens is 2. The lowest BCUT2D eigenvalue weighted by atomic mass is 9.93. The first kappa shape index (κ1) is 16.2. The molecule has 4 nitrogen and oxygen atoms in total. The van der Waals surface area contributed by atoms with E-state index >= 15 is 0 Å². The molecule has 2 heterocycles. The van der Waals surface area contributed by atoms with Crippen LogP contribution in [0.15, 0.2) is 42.5 Å². The fourth-order valence-electron chi connectivity index (χ4n) is 3.92. The topological polar surface area (TPSA) is 41.3 Å². The number of aliphatic hydroxyl groups is 1. The van der Waals surface area contributed by atoms with Gasteiger partial charge < -0.3 is 9.67 Å². The molecule has 3 aromatic rings. The first-order valence-electron chi connectivity index (χ1n) is 8.79. The summed E-state index contributed by atoms with van der Waals surface area (Å²) in [5.74, 6) is 0.564. The van der Waals surface area contributed by atoms with Crippen molar-refractivity contribution in [3.8, 4) is 0 Å². The average Bonchev–Trinajstić information content (AvgIpc) is 3.00. The maximum Gasteiger partial charge on any atom is 0.151 e. The number of hydrogen-bond donors (Lipinski definition) is 1. The van der Waals surface area contributed by atoms with Crippen LogP contribution in [-0.4, -0.2) is 32.7 Å². The zero-order chi connectivity index (χ0) is 17.4. The SMILES string of the molecule is CCn1c(CN2CCc3ccccc3C2CO)nc2c(F)cccc21. The van der Waals surface area contributed by atoms with Gasteiger partial charge in [0.25, 0.3) is 0 Å². The summed E-state index contributed by atoms with van der Waals surface area (Å²) in [6.07, 6.45) is 0.952. The number of rotatable bonds is 4. The molecule has 0 aliphatic carbocycles. The molecule has 1 N–H and O–H groups in total. The smallest absolute Gasteiger partial charge is 0.151 e. The van der Waals surface area contributed by atoms with E-state index in [0.717, 1.165) is 30.9 Å². The van der Waals surface area contributed by atoms with E-state index in [-0.39, 0.29) is 18.5 Å². The van der Waals surface area contributed by atoms with E-state index in [2.05, 4.69) is 26.6 Å². The third kappa shape index (κ3) is 2.73. The Kier molecular flexibility index (Phi) is 4.27. The van der Waals surface area contributed by atoms with Gasteiger partial charge >= 0.3 is 0 Å². The van der Waals surface area contributed by atoms with Gasteiger partial charge in [0, 0.05) is 13.1 Å². The fraction of sp³-hybridized carbons (Fsp3) is 0.350. The minimum Gasteiger partial charge on any atom is -0.394 e. The fourth-order valence-corrected chi connectivity index (χ4v) is 3.92. The van der Waals surface area contributed by atoms with Gasteiger partial charge in [-0.3, -0.25) is 4.90 Å². The highest BCUT2D eigenvalue weighted by Gasteiger charge is 2.28. The number of fused-ring (bicyclic) bond motifs is 2. The zero-order valence-corrected chi connectivity index (χ0v) is 14.3. The number of halogens is 1. The number of imidazole rings is 1. The zero-order valence-electron chi connectivity index (χ0n) is 14.3. The molecule has 25 heavy (non-hydrogen) atoms. The third-order valence-corrected chi connectivity index (χ3v) is 5.17. The molecule has 1 aliphatic rings. The summed E-state index contributed by atoms with van der Waals surface area (Å²) in [5, 5.41) is 9.97. The van der Waals surface area contributed by atoms with Crippen LogP contribution in [0.25, 0.3) is 11.0 Å². The van der Waals surface area contributed by atoms with Gasteiger partial charge in [-0.25, -0.2) is 9.37 Å². The monoisotopic (exact) mass is 339 g/mol. The molecule has 0 bridgehead atoms. The molecular weight excluding hydrogens is 317 g/mol. The molecular formula is C20H22FN3O. The molecule has 5 heteroatoms. The number of benzene rings is 2. The van der Waals surface area contributed by atoms with Gasteiger partial charge in [0.2, 0.25) is 0 Å². The van der Waals surface area contributed by atoms with Gasteiger partial charge in [0.15, 0.2) is 5.82 Å². The van der Waals surface area contributed by atoms with Crippen molar-refractivity contribution in [2.75, 3.05) is 13.2 Å². The van der Waals surface area contributed by atoms with Crippen LogP contribution in [0.1, 0.15) is 29.9 Å². The second-order valence-corrected chi connectivity index (χ2v) is 6.50. The van der Waals surface area contributed by atoms with Gasteiger partial charge in [-0.1, -0.05) is 30.3 Å². The summed E-state index contributed by atoms with van der Waals surface area (Å²) in [6.45, 7) is 4.31. The van der Waals surface area contributed by atoms with Crippen LogP contribution in [0.5, 0.6) is 0 Å². The van der Waals surface area contributed by atoms with Crippen molar-refractivity contribution in [1.29, 1.82) is 0 Å². The Balaban J connectivity index is 1.71. The highest BCUT2D eigenvalue weighted by molar-refractivity contribution is 5.76. The van der Waals surface area contributed by atoms with E-state index in [0.29, 0.717) is 12.1 Å². The van der Waals surface area contributed by atoms with Gasteiger partial charge in [0.05, 0.1) is 24.7 Å². The summed E-state index contributed by atoms with van der Waals surface area (Å²) in [4.78, 5) is 6.81. The Hall–Kier alpha value is -2.24. The molecule has 0 saturated carbocycles. The van der Waals surface area contributed by atoms with Crippen LogP contribution in [0, 0.1) is 5.82 Å². The summed E-state index contributed by atoms with van der Waals surface area (Å²) in [7, 11) is 0. The van der Waals surface area contributed by atoms with E-state index in [9.17, 15) is 9.50 Å². The van der Waals surface area contributed by atoms with Crippen molar-refractivity contribution in [2.24, 2.45) is 0 Å². The van der Waals surface area contributed by atoms with Crippen molar-refractivity contribution >= 4 is 11.0 Å². The van der Waals surface area contributed by atoms with E-state index in [1.165, 1.54) is 17.2 Å². The molecule has 4 rings (SSSR count). The van der Waals surface area contributed by atoms with E-state index < -0.39 is 0 Å². The lowest BCUT2D eigenvalue weighted by Gasteiger charge is -2.36. The molecule has 1 atom stereocenters. The van der Waals surface area contributed by atoms with Gasteiger partial charge in [-0.2, -0.15) is 0 Å². The third-order valence-electron chi connectivity index (χ3n) is 5.17. The maximum atomic E-state index is 14.1. The largest absolute Gasteiger partial charge is 0.394 e. The van der Waals surface area contributed by atoms with E-state index in [1.807, 2.05) is 25.1 Å². The molecule has 0 spiro atoms. The molecule has 1 aliphatic heterocycles. The Labute approximate surface area is 146 Å². The summed E-state index contributed by atoms with van der Waals surface area (Å²) >= 11 is 0. The number of nitrogens with zero attached hydrogens (tertiary/aromatic N) is 3. The Morgan fingerprint density at radius 1 is 1.20 bits per heavy atom. The second kappa shape index (κ2) is 6.58. The van der Waals surface area contributed by atoms with Gasteiger partial charge in [-0.05, 0) is 36.6 Å². The van der Waals surface area contributed by atoms with Gasteiger partial charge in [-0.15, -0.1) is 0 Å². The molecule has 0 saturated heterocycles. The quantitative estimate of drug-likeness (QED) is 0.793. The molecule has 130 valence electrons. The van der Waals surface area contributed by atoms with Crippen LogP contribution in [0.3, 0.4) is 0 Å². The van der Waals surface area contributed by atoms with Crippen LogP contribution in [-0.2, 0) is 19.5 Å². The molecule has 1 aromatic heterocycles. The van der Waals surface area contributed by atoms with Gasteiger partial charge in [0.1, 0.15) is 11.3 Å². The summed E-state index contributed by atoms with van der Waals surface area (Å²) in [6, 6.07) is 13.3. The minimum atomic E-state index is -0.284. The lowest BCUT2D eigenvalue weighted by molar-refractivity contribution is 0.105. The van der Waals surface area contributed by atoms with Crippen LogP contribution < -0.4 is 0 Å². The van der Waals surface area contributed by atoms with Crippen molar-refractivity contribution in [2.45, 2.75) is 32.5 Å². The molecule has 2 aromatic carbocycles. The predicted octanol–water partition coefficient (Wildman–Crippen LogP) is 3.29. The second-order valence-electron chi connectivity index (χ2n) is 6.50. The van der Waals surface area contributed by atoms with E-state index in [4.69, 9.17) is 0 Å². The van der Waals surface area contributed by atoms with E-state index in [1.54, 1.807) is 6.07 Å². The predicted molar refractivity (Wildman–Crippen MR) is 95.7 cm³/mol. The number of para-hydroxylation sites is 1.